The van der Waals surface area contributed by atoms with E-state index in [1.165, 1.54) is 7.11 Å². The minimum atomic E-state index is -0.859. The van der Waals surface area contributed by atoms with Crippen molar-refractivity contribution < 1.29 is 23.6 Å². The lowest BCUT2D eigenvalue weighted by Crippen LogP contribution is -2.55. The predicted octanol–water partition coefficient (Wildman–Crippen LogP) is 4.10. The Morgan fingerprint density at radius 2 is 1.77 bits per heavy atom. The molecule has 1 aromatic carbocycles. The van der Waals surface area contributed by atoms with Crippen LogP contribution in [0.25, 0.3) is 0 Å². The van der Waals surface area contributed by atoms with Crippen LogP contribution in [0.5, 0.6) is 0 Å². The van der Waals surface area contributed by atoms with Gasteiger partial charge in [0.05, 0.1) is 18.3 Å². The predicted molar refractivity (Wildman–Crippen MR) is 119 cm³/mol. The molecular formula is C24H34BNO5. The lowest BCUT2D eigenvalue weighted by Gasteiger charge is -2.37. The topological polar surface area (TPSA) is 65.1 Å². The van der Waals surface area contributed by atoms with Gasteiger partial charge in [0.25, 0.3) is 5.91 Å². The normalized spacial score (nSPS) is 30.6. The van der Waals surface area contributed by atoms with E-state index < -0.39 is 5.54 Å². The van der Waals surface area contributed by atoms with Gasteiger partial charge in [-0.15, -0.1) is 0 Å². The summed E-state index contributed by atoms with van der Waals surface area (Å²) in [6, 6.07) is 9.34. The largest absolute Gasteiger partial charge is 0.467 e. The van der Waals surface area contributed by atoms with Crippen LogP contribution in [0, 0.1) is 5.92 Å². The highest BCUT2D eigenvalue weighted by atomic mass is 16.7. The van der Waals surface area contributed by atoms with E-state index in [4.69, 9.17) is 14.0 Å². The molecule has 0 aromatic heterocycles. The minimum Gasteiger partial charge on any atom is -0.467 e. The summed E-state index contributed by atoms with van der Waals surface area (Å²) in [5.74, 6) is -0.256. The molecule has 3 aliphatic rings. The van der Waals surface area contributed by atoms with Gasteiger partial charge in [-0.3, -0.25) is 4.79 Å². The number of rotatable bonds is 6. The monoisotopic (exact) mass is 427 g/mol. The Bertz CT molecular complexity index is 826. The average Bonchev–Trinajstić information content (AvgIpc) is 3.33. The number of amides is 1. The first kappa shape index (κ1) is 22.3. The molecule has 0 spiro atoms. The van der Waals surface area contributed by atoms with Gasteiger partial charge < -0.3 is 18.9 Å². The van der Waals surface area contributed by atoms with Crippen LogP contribution in [-0.4, -0.2) is 53.8 Å². The van der Waals surface area contributed by atoms with Crippen LogP contribution in [0.4, 0.5) is 0 Å². The summed E-state index contributed by atoms with van der Waals surface area (Å²) in [6.45, 7) is 8.23. The van der Waals surface area contributed by atoms with Crippen molar-refractivity contribution in [2.24, 2.45) is 5.92 Å². The lowest BCUT2D eigenvalue weighted by molar-refractivity contribution is -0.153. The van der Waals surface area contributed by atoms with Crippen molar-refractivity contribution in [2.45, 2.75) is 88.9 Å². The summed E-state index contributed by atoms with van der Waals surface area (Å²) in [6.07, 6.45) is 4.86. The Morgan fingerprint density at radius 3 is 2.39 bits per heavy atom. The second kappa shape index (κ2) is 7.93. The first-order valence-corrected chi connectivity index (χ1v) is 11.4. The average molecular weight is 427 g/mol. The van der Waals surface area contributed by atoms with Crippen molar-refractivity contribution in [3.8, 4) is 0 Å². The van der Waals surface area contributed by atoms with E-state index >= 15 is 0 Å². The number of fused-ring (bicyclic) bond motifs is 2. The number of hydrogen-bond donors (Lipinski definition) is 0. The fourth-order valence-electron chi connectivity index (χ4n) is 5.69. The Kier molecular flexibility index (Phi) is 5.71. The zero-order chi connectivity index (χ0) is 22.4. The Balaban J connectivity index is 1.48. The SMILES string of the molecule is COC(=O)[C@@]12CC[C@H](C[C@H]1CCCB1OC(C)(C)C(C)(C)O1)N2C(=O)c1ccccc1. The van der Waals surface area contributed by atoms with Crippen molar-refractivity contribution in [2.75, 3.05) is 7.11 Å². The standard InChI is InChI=1S/C24H34BNO5/c1-22(2)23(3,4)31-25(30-22)15-9-12-18-16-19-13-14-24(18,21(28)29-5)26(19)20(27)17-10-7-6-8-11-17/h6-8,10-11,18-19H,9,12-16H2,1-5H3/t18-,19-,24-/m1/s1. The van der Waals surface area contributed by atoms with Crippen LogP contribution in [0.1, 0.15) is 70.2 Å². The molecule has 0 aliphatic carbocycles. The minimum absolute atomic E-state index is 0.0676. The summed E-state index contributed by atoms with van der Waals surface area (Å²) in [5, 5.41) is 0. The highest BCUT2D eigenvalue weighted by Gasteiger charge is 2.64. The van der Waals surface area contributed by atoms with Crippen LogP contribution >= 0.6 is 0 Å². The molecule has 6 nitrogen and oxygen atoms in total. The summed E-state index contributed by atoms with van der Waals surface area (Å²) < 4.78 is 17.5. The Labute approximate surface area is 185 Å². The van der Waals surface area contributed by atoms with E-state index in [0.29, 0.717) is 12.0 Å². The van der Waals surface area contributed by atoms with Gasteiger partial charge in [-0.2, -0.15) is 0 Å². The highest BCUT2D eigenvalue weighted by molar-refractivity contribution is 6.45. The third kappa shape index (κ3) is 3.60. The molecule has 168 valence electrons. The van der Waals surface area contributed by atoms with Crippen molar-refractivity contribution in [1.29, 1.82) is 0 Å². The van der Waals surface area contributed by atoms with Crippen LogP contribution in [0.15, 0.2) is 30.3 Å². The first-order chi connectivity index (χ1) is 14.6. The summed E-state index contributed by atoms with van der Waals surface area (Å²) >= 11 is 0. The summed E-state index contributed by atoms with van der Waals surface area (Å²) in [7, 11) is 1.19. The van der Waals surface area contributed by atoms with Crippen molar-refractivity contribution in [3.05, 3.63) is 35.9 Å². The number of ether oxygens (including phenoxy) is 1. The van der Waals surface area contributed by atoms with Crippen LogP contribution in [-0.2, 0) is 18.8 Å². The van der Waals surface area contributed by atoms with Crippen molar-refractivity contribution >= 4 is 19.0 Å². The van der Waals surface area contributed by atoms with Gasteiger partial charge in [0.1, 0.15) is 5.54 Å². The molecule has 31 heavy (non-hydrogen) atoms. The van der Waals surface area contributed by atoms with Gasteiger partial charge in [-0.25, -0.2) is 4.79 Å². The quantitative estimate of drug-likeness (QED) is 0.505. The van der Waals surface area contributed by atoms with Gasteiger partial charge in [0, 0.05) is 11.6 Å². The number of carbonyl (C=O) groups is 2. The molecule has 3 saturated heterocycles. The fourth-order valence-corrected chi connectivity index (χ4v) is 5.69. The lowest BCUT2D eigenvalue weighted by atomic mass is 9.72. The summed E-state index contributed by atoms with van der Waals surface area (Å²) in [4.78, 5) is 28.3. The Morgan fingerprint density at radius 1 is 1.13 bits per heavy atom. The zero-order valence-corrected chi connectivity index (χ0v) is 19.3. The third-order valence-electron chi connectivity index (χ3n) is 7.96. The van der Waals surface area contributed by atoms with Gasteiger partial charge >= 0.3 is 13.1 Å². The number of benzene rings is 1. The molecule has 3 atom stereocenters. The van der Waals surface area contributed by atoms with E-state index in [0.717, 1.165) is 32.0 Å². The molecule has 0 saturated carbocycles. The van der Waals surface area contributed by atoms with Crippen LogP contribution in [0.2, 0.25) is 6.32 Å². The molecular weight excluding hydrogens is 393 g/mol. The van der Waals surface area contributed by atoms with Crippen molar-refractivity contribution in [1.82, 2.24) is 4.90 Å². The van der Waals surface area contributed by atoms with Gasteiger partial charge in [0.2, 0.25) is 0 Å². The van der Waals surface area contributed by atoms with Crippen LogP contribution < -0.4 is 0 Å². The fraction of sp³-hybridized carbons (Fsp3) is 0.667. The molecule has 2 bridgehead atoms. The second-order valence-corrected chi connectivity index (χ2v) is 10.2. The number of carbonyl (C=O) groups excluding carboxylic acids is 2. The van der Waals surface area contributed by atoms with E-state index in [9.17, 15) is 9.59 Å². The number of methoxy groups -OCH3 is 1. The molecule has 7 heteroatoms. The van der Waals surface area contributed by atoms with Crippen molar-refractivity contribution in [3.63, 3.8) is 0 Å². The Hall–Kier alpha value is -1.86. The molecule has 1 aromatic rings. The smallest absolute Gasteiger partial charge is 0.457 e. The molecule has 3 fully saturated rings. The highest BCUT2D eigenvalue weighted by Crippen LogP contribution is 2.53. The van der Waals surface area contributed by atoms with Gasteiger partial charge in [-0.05, 0) is 77.7 Å². The van der Waals surface area contributed by atoms with E-state index in [-0.39, 0.29) is 42.2 Å². The molecule has 1 amide bonds. The second-order valence-electron chi connectivity index (χ2n) is 10.2. The summed E-state index contributed by atoms with van der Waals surface area (Å²) in [5.41, 5.74) is -0.907. The zero-order valence-electron chi connectivity index (χ0n) is 19.3. The molecule has 0 N–H and O–H groups in total. The van der Waals surface area contributed by atoms with Gasteiger partial charge in [-0.1, -0.05) is 24.6 Å². The van der Waals surface area contributed by atoms with E-state index in [2.05, 4.69) is 27.7 Å². The van der Waals surface area contributed by atoms with E-state index in [1.807, 2.05) is 35.2 Å². The molecule has 4 rings (SSSR count). The number of esters is 1. The molecule has 3 heterocycles. The van der Waals surface area contributed by atoms with E-state index in [1.54, 1.807) is 0 Å². The van der Waals surface area contributed by atoms with Gasteiger partial charge in [0.15, 0.2) is 0 Å². The maximum Gasteiger partial charge on any atom is 0.457 e. The third-order valence-corrected chi connectivity index (χ3v) is 7.96. The molecule has 0 radical (unpaired) electrons. The van der Waals surface area contributed by atoms with Crippen LogP contribution in [0.3, 0.4) is 0 Å². The maximum atomic E-state index is 13.4. The number of nitrogens with zero attached hydrogens (tertiary/aromatic N) is 1. The first-order valence-electron chi connectivity index (χ1n) is 11.4. The maximum absolute atomic E-state index is 13.4. The molecule has 3 aliphatic heterocycles. The number of hydrogen-bond acceptors (Lipinski definition) is 5. The molecule has 0 unspecified atom stereocenters.